The van der Waals surface area contributed by atoms with E-state index in [1.54, 1.807) is 0 Å². The summed E-state index contributed by atoms with van der Waals surface area (Å²) in [4.78, 5) is 29.1. The molecule has 16 heavy (non-hydrogen) atoms. The Hall–Kier alpha value is -1.20. The Morgan fingerprint density at radius 3 is 2.31 bits per heavy atom. The summed E-state index contributed by atoms with van der Waals surface area (Å²) in [5, 5.41) is 0.939. The second kappa shape index (κ2) is 3.40. The summed E-state index contributed by atoms with van der Waals surface area (Å²) < 4.78 is 5.50. The molecule has 3 aliphatic heterocycles. The maximum absolute atomic E-state index is 12.0. The highest BCUT2D eigenvalue weighted by molar-refractivity contribution is 6.05. The van der Waals surface area contributed by atoms with Crippen molar-refractivity contribution < 1.29 is 19.2 Å². The van der Waals surface area contributed by atoms with Crippen molar-refractivity contribution in [1.29, 1.82) is 0 Å². The zero-order chi connectivity index (χ0) is 11.3. The average Bonchev–Trinajstić information content (AvgIpc) is 2.92. The number of rotatable bonds is 3. The fraction of sp³-hybridized carbons (Fsp3) is 0.636. The molecule has 0 saturated carbocycles. The van der Waals surface area contributed by atoms with Gasteiger partial charge in [0.25, 0.3) is 11.8 Å². The third kappa shape index (κ3) is 1.13. The van der Waals surface area contributed by atoms with Gasteiger partial charge in [-0.25, -0.2) is 0 Å². The van der Waals surface area contributed by atoms with Gasteiger partial charge in [0.1, 0.15) is 0 Å². The Morgan fingerprint density at radius 1 is 1.25 bits per heavy atom. The molecule has 0 N–H and O–H groups in total. The van der Waals surface area contributed by atoms with E-state index in [1.165, 1.54) is 0 Å². The van der Waals surface area contributed by atoms with E-state index < -0.39 is 0 Å². The van der Waals surface area contributed by atoms with E-state index in [0.29, 0.717) is 6.61 Å². The van der Waals surface area contributed by atoms with Crippen LogP contribution in [-0.2, 0) is 19.2 Å². The van der Waals surface area contributed by atoms with Gasteiger partial charge in [0.05, 0.1) is 30.7 Å². The Bertz CT molecular complexity index is 348. The van der Waals surface area contributed by atoms with E-state index in [4.69, 9.17) is 9.57 Å². The smallest absolute Gasteiger partial charge is 0.260 e. The number of fused-ring (bicyclic) bond motifs is 5. The molecule has 2 amide bonds. The number of amides is 2. The molecule has 2 bridgehead atoms. The van der Waals surface area contributed by atoms with Gasteiger partial charge in [-0.3, -0.25) is 14.4 Å². The summed E-state index contributed by atoms with van der Waals surface area (Å²) in [6.07, 6.45) is 4.03. The summed E-state index contributed by atoms with van der Waals surface area (Å²) in [6.45, 7) is 2.32. The van der Waals surface area contributed by atoms with Crippen LogP contribution in [0.4, 0.5) is 0 Å². The predicted molar refractivity (Wildman–Crippen MR) is 52.9 cm³/mol. The van der Waals surface area contributed by atoms with Crippen LogP contribution in [0.25, 0.3) is 0 Å². The summed E-state index contributed by atoms with van der Waals surface area (Å²) in [5.41, 5.74) is 0. The third-order valence-corrected chi connectivity index (χ3v) is 3.29. The molecule has 2 fully saturated rings. The van der Waals surface area contributed by atoms with E-state index in [1.807, 2.05) is 19.1 Å². The molecule has 0 aromatic rings. The van der Waals surface area contributed by atoms with Crippen LogP contribution in [0.5, 0.6) is 0 Å². The minimum Gasteiger partial charge on any atom is -0.365 e. The first-order chi connectivity index (χ1) is 7.74. The van der Waals surface area contributed by atoms with Crippen LogP contribution >= 0.6 is 0 Å². The Balaban J connectivity index is 1.83. The van der Waals surface area contributed by atoms with Gasteiger partial charge in [-0.15, -0.1) is 0 Å². The van der Waals surface area contributed by atoms with Crippen molar-refractivity contribution in [3.05, 3.63) is 12.2 Å². The van der Waals surface area contributed by atoms with Crippen molar-refractivity contribution >= 4 is 11.8 Å². The number of imide groups is 1. The molecule has 3 aliphatic rings. The van der Waals surface area contributed by atoms with Crippen molar-refractivity contribution in [3.63, 3.8) is 0 Å². The molecular formula is C11H13NO4. The molecule has 0 spiro atoms. The number of carbonyl (C=O) groups excluding carboxylic acids is 2. The van der Waals surface area contributed by atoms with Crippen LogP contribution in [0.3, 0.4) is 0 Å². The standard InChI is InChI=1S/C11H13NO4/c1-2-5-15-12-10(13)8-6-3-4-7(16-6)9(8)11(12)14/h3-4,6-9H,2,5H2,1H3/t6-,7-,8-,9-/m0/s1. The molecule has 4 atom stereocenters. The number of ether oxygens (including phenoxy) is 1. The first kappa shape index (κ1) is 9.99. The number of nitrogens with zero attached hydrogens (tertiary/aromatic N) is 1. The van der Waals surface area contributed by atoms with Crippen LogP contribution in [0.2, 0.25) is 0 Å². The highest BCUT2D eigenvalue weighted by Gasteiger charge is 2.61. The fourth-order valence-electron chi connectivity index (χ4n) is 2.59. The highest BCUT2D eigenvalue weighted by atomic mass is 16.7. The molecule has 0 aliphatic carbocycles. The maximum Gasteiger partial charge on any atom is 0.260 e. The van der Waals surface area contributed by atoms with Crippen LogP contribution in [-0.4, -0.2) is 35.7 Å². The summed E-state index contributed by atoms with van der Waals surface area (Å²) >= 11 is 0. The lowest BCUT2D eigenvalue weighted by Crippen LogP contribution is -2.34. The summed E-state index contributed by atoms with van der Waals surface area (Å²) in [6, 6.07) is 0. The van der Waals surface area contributed by atoms with Gasteiger partial charge >= 0.3 is 0 Å². The van der Waals surface area contributed by atoms with Crippen LogP contribution in [0.15, 0.2) is 12.2 Å². The lowest BCUT2D eigenvalue weighted by atomic mass is 9.85. The normalized spacial score (nSPS) is 39.9. The molecule has 86 valence electrons. The van der Waals surface area contributed by atoms with Gasteiger partial charge in [-0.05, 0) is 6.42 Å². The van der Waals surface area contributed by atoms with Crippen LogP contribution in [0, 0.1) is 11.8 Å². The number of hydrogen-bond donors (Lipinski definition) is 0. The lowest BCUT2D eigenvalue weighted by Gasteiger charge is -2.16. The van der Waals surface area contributed by atoms with Gasteiger partial charge in [-0.1, -0.05) is 19.1 Å². The maximum atomic E-state index is 12.0. The average molecular weight is 223 g/mol. The number of hydrogen-bond acceptors (Lipinski definition) is 4. The fourth-order valence-corrected chi connectivity index (χ4v) is 2.59. The molecule has 0 radical (unpaired) electrons. The summed E-state index contributed by atoms with van der Waals surface area (Å²) in [5.74, 6) is -1.22. The molecule has 2 saturated heterocycles. The van der Waals surface area contributed by atoms with Crippen LogP contribution in [0.1, 0.15) is 13.3 Å². The monoisotopic (exact) mass is 223 g/mol. The second-order valence-electron chi connectivity index (χ2n) is 4.31. The minimum atomic E-state index is -0.362. The highest BCUT2D eigenvalue weighted by Crippen LogP contribution is 2.45. The zero-order valence-electron chi connectivity index (χ0n) is 8.96. The van der Waals surface area contributed by atoms with Crippen molar-refractivity contribution in [3.8, 4) is 0 Å². The molecule has 0 aromatic carbocycles. The van der Waals surface area contributed by atoms with Gasteiger partial charge < -0.3 is 4.74 Å². The lowest BCUT2D eigenvalue weighted by molar-refractivity contribution is -0.191. The number of carbonyl (C=O) groups is 2. The number of hydroxylamine groups is 2. The van der Waals surface area contributed by atoms with Crippen molar-refractivity contribution in [2.24, 2.45) is 11.8 Å². The van der Waals surface area contributed by atoms with Crippen molar-refractivity contribution in [2.45, 2.75) is 25.6 Å². The predicted octanol–water partition coefficient (Wildman–Crippen LogP) is 0.266. The minimum absolute atomic E-state index is 0.235. The molecule has 5 nitrogen and oxygen atoms in total. The molecular weight excluding hydrogens is 210 g/mol. The first-order valence-electron chi connectivity index (χ1n) is 5.58. The van der Waals surface area contributed by atoms with Gasteiger partial charge in [0.2, 0.25) is 0 Å². The van der Waals surface area contributed by atoms with Gasteiger partial charge in [-0.2, -0.15) is 5.06 Å². The van der Waals surface area contributed by atoms with E-state index in [0.717, 1.165) is 11.5 Å². The summed E-state index contributed by atoms with van der Waals surface area (Å²) in [7, 11) is 0. The molecule has 3 rings (SSSR count). The van der Waals surface area contributed by atoms with Gasteiger partial charge in [0, 0.05) is 0 Å². The second-order valence-corrected chi connectivity index (χ2v) is 4.31. The zero-order valence-corrected chi connectivity index (χ0v) is 8.96. The molecule has 0 unspecified atom stereocenters. The van der Waals surface area contributed by atoms with E-state index in [-0.39, 0.29) is 35.9 Å². The first-order valence-corrected chi connectivity index (χ1v) is 5.58. The van der Waals surface area contributed by atoms with E-state index >= 15 is 0 Å². The Kier molecular flexibility index (Phi) is 2.12. The third-order valence-electron chi connectivity index (χ3n) is 3.29. The van der Waals surface area contributed by atoms with Crippen molar-refractivity contribution in [2.75, 3.05) is 6.61 Å². The Labute approximate surface area is 92.9 Å². The van der Waals surface area contributed by atoms with Crippen LogP contribution < -0.4 is 0 Å². The quantitative estimate of drug-likeness (QED) is 0.509. The molecule has 5 heteroatoms. The topological polar surface area (TPSA) is 55.8 Å². The van der Waals surface area contributed by atoms with E-state index in [9.17, 15) is 9.59 Å². The molecule has 3 heterocycles. The van der Waals surface area contributed by atoms with E-state index in [2.05, 4.69) is 0 Å². The largest absolute Gasteiger partial charge is 0.365 e. The van der Waals surface area contributed by atoms with Crippen molar-refractivity contribution in [1.82, 2.24) is 5.06 Å². The molecule has 0 aromatic heterocycles. The van der Waals surface area contributed by atoms with Gasteiger partial charge in [0.15, 0.2) is 0 Å². The Morgan fingerprint density at radius 2 is 1.81 bits per heavy atom. The SMILES string of the molecule is CCCON1C(=O)[C@@H]2[C@@H](C1=O)[C@@H]1C=C[C@@H]2O1.